The van der Waals surface area contributed by atoms with Gasteiger partial charge in [-0.1, -0.05) is 24.9 Å². The zero-order valence-electron chi connectivity index (χ0n) is 14.6. The third kappa shape index (κ3) is 3.28. The van der Waals surface area contributed by atoms with Gasteiger partial charge in [-0.05, 0) is 57.8 Å². The largest absolute Gasteiger partial charge is 0.353 e. The van der Waals surface area contributed by atoms with Crippen LogP contribution in [0.4, 0.5) is 0 Å². The maximum absolute atomic E-state index is 12.5. The first-order valence-electron chi connectivity index (χ1n) is 8.86. The lowest BCUT2D eigenvalue weighted by Gasteiger charge is -2.29. The Morgan fingerprint density at radius 3 is 2.61 bits per heavy atom. The van der Waals surface area contributed by atoms with E-state index in [0.29, 0.717) is 17.5 Å². The van der Waals surface area contributed by atoms with E-state index in [1.807, 2.05) is 25.5 Å². The van der Waals surface area contributed by atoms with Crippen molar-refractivity contribution in [1.82, 2.24) is 15.1 Å². The van der Waals surface area contributed by atoms with Gasteiger partial charge in [0.2, 0.25) is 5.91 Å². The Bertz CT molecular complexity index is 597. The van der Waals surface area contributed by atoms with E-state index in [2.05, 4.69) is 17.3 Å². The van der Waals surface area contributed by atoms with Gasteiger partial charge in [0, 0.05) is 6.04 Å². The molecule has 2 bridgehead atoms. The Balaban J connectivity index is 1.56. The van der Waals surface area contributed by atoms with Crippen LogP contribution in [0.1, 0.15) is 50.9 Å². The summed E-state index contributed by atoms with van der Waals surface area (Å²) in [5, 5.41) is 8.38. The third-order valence-electron chi connectivity index (χ3n) is 5.99. The number of rotatable bonds is 5. The molecule has 1 heterocycles. The van der Waals surface area contributed by atoms with E-state index in [-0.39, 0.29) is 17.9 Å². The van der Waals surface area contributed by atoms with Gasteiger partial charge in [0.15, 0.2) is 0 Å². The van der Waals surface area contributed by atoms with Crippen LogP contribution in [0.5, 0.6) is 0 Å². The highest BCUT2D eigenvalue weighted by molar-refractivity contribution is 6.31. The molecule has 128 valence electrons. The zero-order valence-corrected chi connectivity index (χ0v) is 15.4. The maximum atomic E-state index is 12.5. The fraction of sp³-hybridized carbons (Fsp3) is 0.778. The second-order valence-corrected chi connectivity index (χ2v) is 8.08. The molecule has 5 atom stereocenters. The number of carbonyl (C=O) groups excluding carboxylic acids is 1. The Hall–Kier alpha value is -1.03. The summed E-state index contributed by atoms with van der Waals surface area (Å²) < 4.78 is 1.85. The SMILES string of the molecule is Cc1nn(CC(C)C(=O)NC(C)C2CC3CCC2C3)c(C)c1Cl. The summed E-state index contributed by atoms with van der Waals surface area (Å²) in [5.74, 6) is 2.45. The van der Waals surface area contributed by atoms with Gasteiger partial charge in [-0.3, -0.25) is 9.48 Å². The summed E-state index contributed by atoms with van der Waals surface area (Å²) in [6.07, 6.45) is 5.44. The van der Waals surface area contributed by atoms with E-state index in [4.69, 9.17) is 11.6 Å². The van der Waals surface area contributed by atoms with Gasteiger partial charge < -0.3 is 5.32 Å². The van der Waals surface area contributed by atoms with Crippen molar-refractivity contribution in [1.29, 1.82) is 0 Å². The van der Waals surface area contributed by atoms with Crippen LogP contribution in [-0.4, -0.2) is 21.7 Å². The van der Waals surface area contributed by atoms with Crippen LogP contribution in [0.25, 0.3) is 0 Å². The number of aromatic nitrogens is 2. The van der Waals surface area contributed by atoms with E-state index >= 15 is 0 Å². The number of nitrogens with one attached hydrogen (secondary N) is 1. The van der Waals surface area contributed by atoms with E-state index < -0.39 is 0 Å². The highest BCUT2D eigenvalue weighted by atomic mass is 35.5. The van der Waals surface area contributed by atoms with Crippen LogP contribution in [-0.2, 0) is 11.3 Å². The summed E-state index contributed by atoms with van der Waals surface area (Å²) in [6.45, 7) is 8.57. The first-order chi connectivity index (χ1) is 10.9. The van der Waals surface area contributed by atoms with Crippen LogP contribution in [0.2, 0.25) is 5.02 Å². The molecule has 0 aromatic carbocycles. The summed E-state index contributed by atoms with van der Waals surface area (Å²) in [4.78, 5) is 12.5. The molecule has 5 heteroatoms. The van der Waals surface area contributed by atoms with Gasteiger partial charge in [0.05, 0.1) is 28.9 Å². The highest BCUT2D eigenvalue weighted by Gasteiger charge is 2.42. The van der Waals surface area contributed by atoms with Crippen molar-refractivity contribution in [2.45, 2.75) is 66.0 Å². The Kier molecular flexibility index (Phi) is 4.73. The number of amides is 1. The lowest BCUT2D eigenvalue weighted by molar-refractivity contribution is -0.126. The highest BCUT2D eigenvalue weighted by Crippen LogP contribution is 2.49. The number of carbonyl (C=O) groups is 1. The average Bonchev–Trinajstić information content (AvgIpc) is 3.20. The molecular weight excluding hydrogens is 310 g/mol. The van der Waals surface area contributed by atoms with E-state index in [1.54, 1.807) is 0 Å². The van der Waals surface area contributed by atoms with Crippen molar-refractivity contribution in [2.24, 2.45) is 23.7 Å². The van der Waals surface area contributed by atoms with Gasteiger partial charge in [-0.25, -0.2) is 0 Å². The smallest absolute Gasteiger partial charge is 0.224 e. The van der Waals surface area contributed by atoms with E-state index in [0.717, 1.165) is 23.2 Å². The van der Waals surface area contributed by atoms with Crippen LogP contribution >= 0.6 is 11.6 Å². The van der Waals surface area contributed by atoms with Crippen molar-refractivity contribution in [3.63, 3.8) is 0 Å². The molecule has 4 nitrogen and oxygen atoms in total. The van der Waals surface area contributed by atoms with Crippen molar-refractivity contribution >= 4 is 17.5 Å². The predicted octanol–water partition coefficient (Wildman–Crippen LogP) is 3.73. The molecule has 1 N–H and O–H groups in total. The molecule has 2 aliphatic rings. The fourth-order valence-corrected chi connectivity index (χ4v) is 4.71. The van der Waals surface area contributed by atoms with Gasteiger partial charge in [0.1, 0.15) is 0 Å². The van der Waals surface area contributed by atoms with Crippen molar-refractivity contribution in [3.8, 4) is 0 Å². The van der Waals surface area contributed by atoms with Gasteiger partial charge in [-0.15, -0.1) is 0 Å². The normalized spacial score (nSPS) is 28.8. The predicted molar refractivity (Wildman–Crippen MR) is 92.4 cm³/mol. The Morgan fingerprint density at radius 1 is 1.35 bits per heavy atom. The second kappa shape index (κ2) is 6.46. The molecule has 23 heavy (non-hydrogen) atoms. The fourth-order valence-electron chi connectivity index (χ4n) is 4.58. The molecule has 0 aliphatic heterocycles. The summed E-state index contributed by atoms with van der Waals surface area (Å²) in [5.41, 5.74) is 1.76. The van der Waals surface area contributed by atoms with Crippen LogP contribution < -0.4 is 5.32 Å². The molecule has 2 saturated carbocycles. The molecule has 2 aliphatic carbocycles. The lowest BCUT2D eigenvalue weighted by atomic mass is 9.84. The van der Waals surface area contributed by atoms with Gasteiger partial charge >= 0.3 is 0 Å². The molecule has 0 radical (unpaired) electrons. The minimum absolute atomic E-state index is 0.106. The molecule has 5 unspecified atom stereocenters. The van der Waals surface area contributed by atoms with Crippen molar-refractivity contribution < 1.29 is 4.79 Å². The average molecular weight is 338 g/mol. The Morgan fingerprint density at radius 2 is 2.09 bits per heavy atom. The molecular formula is C18H28ClN3O. The number of fused-ring (bicyclic) bond motifs is 2. The summed E-state index contributed by atoms with van der Waals surface area (Å²) in [6, 6.07) is 0.282. The maximum Gasteiger partial charge on any atom is 0.224 e. The minimum atomic E-state index is -0.106. The van der Waals surface area contributed by atoms with Gasteiger partial charge in [-0.2, -0.15) is 5.10 Å². The minimum Gasteiger partial charge on any atom is -0.353 e. The Labute approximate surface area is 144 Å². The quantitative estimate of drug-likeness (QED) is 0.889. The van der Waals surface area contributed by atoms with Crippen LogP contribution in [0.3, 0.4) is 0 Å². The molecule has 3 rings (SSSR count). The number of halogens is 1. The molecule has 0 saturated heterocycles. The molecule has 0 spiro atoms. The number of hydrogen-bond acceptors (Lipinski definition) is 2. The van der Waals surface area contributed by atoms with Crippen molar-refractivity contribution in [3.05, 3.63) is 16.4 Å². The number of nitrogens with zero attached hydrogens (tertiary/aromatic N) is 2. The lowest BCUT2D eigenvalue weighted by Crippen LogP contribution is -2.43. The van der Waals surface area contributed by atoms with E-state index in [9.17, 15) is 4.79 Å². The third-order valence-corrected chi connectivity index (χ3v) is 6.54. The molecule has 1 aromatic heterocycles. The molecule has 2 fully saturated rings. The number of hydrogen-bond donors (Lipinski definition) is 1. The summed E-state index contributed by atoms with van der Waals surface area (Å²) >= 11 is 6.18. The summed E-state index contributed by atoms with van der Waals surface area (Å²) in [7, 11) is 0. The first kappa shape index (κ1) is 16.8. The number of aryl methyl sites for hydroxylation is 1. The zero-order chi connectivity index (χ0) is 16.7. The second-order valence-electron chi connectivity index (χ2n) is 7.70. The molecule has 1 amide bonds. The first-order valence-corrected chi connectivity index (χ1v) is 9.24. The van der Waals surface area contributed by atoms with Gasteiger partial charge in [0.25, 0.3) is 0 Å². The molecule has 1 aromatic rings. The standard InChI is InChI=1S/C18H28ClN3O/c1-10(9-22-13(4)17(19)12(3)21-22)18(23)20-11(2)16-8-14-5-6-15(16)7-14/h10-11,14-16H,5-9H2,1-4H3,(H,20,23). The van der Waals surface area contributed by atoms with Crippen molar-refractivity contribution in [2.75, 3.05) is 0 Å². The van der Waals surface area contributed by atoms with Crippen LogP contribution in [0.15, 0.2) is 0 Å². The van der Waals surface area contributed by atoms with Crippen LogP contribution in [0, 0.1) is 37.5 Å². The topological polar surface area (TPSA) is 46.9 Å². The van der Waals surface area contributed by atoms with E-state index in [1.165, 1.54) is 25.7 Å². The monoisotopic (exact) mass is 337 g/mol.